The van der Waals surface area contributed by atoms with Crippen molar-refractivity contribution < 1.29 is 9.53 Å². The molecule has 0 spiro atoms. The van der Waals surface area contributed by atoms with Crippen molar-refractivity contribution in [3.8, 4) is 0 Å². The van der Waals surface area contributed by atoms with Crippen LogP contribution in [0.1, 0.15) is 125 Å². The molecule has 0 radical (unpaired) electrons. The molecule has 0 aliphatic heterocycles. The zero-order valence-corrected chi connectivity index (χ0v) is 21.4. The minimum Gasteiger partial charge on any atom is -0.375 e. The Balaban J connectivity index is 3.53. The summed E-state index contributed by atoms with van der Waals surface area (Å²) in [6.45, 7) is 12.9. The van der Waals surface area contributed by atoms with Crippen LogP contribution in [0.15, 0.2) is 0 Å². The van der Waals surface area contributed by atoms with Gasteiger partial charge in [0.05, 0.1) is 0 Å². The van der Waals surface area contributed by atoms with Gasteiger partial charge < -0.3 is 10.1 Å². The normalized spacial score (nSPS) is 15.5. The molecule has 0 fully saturated rings. The van der Waals surface area contributed by atoms with Gasteiger partial charge in [0.25, 0.3) is 0 Å². The van der Waals surface area contributed by atoms with E-state index in [0.717, 1.165) is 36.6 Å². The van der Waals surface area contributed by atoms with Crippen LogP contribution in [0.2, 0.25) is 0 Å². The Kier molecular flexibility index (Phi) is 20.0. The number of hydrogen-bond donors (Lipinski definition) is 1. The summed E-state index contributed by atoms with van der Waals surface area (Å²) < 4.78 is 4.82. The first-order chi connectivity index (χ1) is 14.4. The Labute approximate surface area is 189 Å². The largest absolute Gasteiger partial charge is 0.375 e. The highest BCUT2D eigenvalue weighted by molar-refractivity contribution is 5.77. The third kappa shape index (κ3) is 19.4. The monoisotopic (exact) mass is 425 g/mol. The summed E-state index contributed by atoms with van der Waals surface area (Å²) in [5.41, 5.74) is 0. The highest BCUT2D eigenvalue weighted by atomic mass is 16.5. The van der Waals surface area contributed by atoms with Crippen LogP contribution in [0.3, 0.4) is 0 Å². The van der Waals surface area contributed by atoms with Crippen molar-refractivity contribution in [2.45, 2.75) is 125 Å². The van der Waals surface area contributed by atoms with Crippen molar-refractivity contribution in [1.29, 1.82) is 0 Å². The second kappa shape index (κ2) is 20.3. The van der Waals surface area contributed by atoms with E-state index in [1.165, 1.54) is 83.5 Å². The van der Waals surface area contributed by atoms with Gasteiger partial charge in [-0.1, -0.05) is 112 Å². The molecule has 3 nitrogen and oxygen atoms in total. The number of unbranched alkanes of at least 4 members (excludes halogenated alkanes) is 1. The van der Waals surface area contributed by atoms with Gasteiger partial charge >= 0.3 is 0 Å². The molecule has 0 aliphatic carbocycles. The van der Waals surface area contributed by atoms with E-state index < -0.39 is 0 Å². The van der Waals surface area contributed by atoms with E-state index in [4.69, 9.17) is 4.74 Å². The van der Waals surface area contributed by atoms with Gasteiger partial charge in [-0.3, -0.25) is 4.79 Å². The number of methoxy groups -OCH3 is 1. The third-order valence-electron chi connectivity index (χ3n) is 6.68. The van der Waals surface area contributed by atoms with Crippen LogP contribution in [0.25, 0.3) is 0 Å². The molecule has 0 aliphatic rings. The summed E-state index contributed by atoms with van der Waals surface area (Å²) in [6.07, 6.45) is 19.0. The molecule has 1 amide bonds. The van der Waals surface area contributed by atoms with Crippen molar-refractivity contribution in [3.05, 3.63) is 0 Å². The van der Waals surface area contributed by atoms with Crippen LogP contribution >= 0.6 is 0 Å². The molecule has 4 atom stereocenters. The first kappa shape index (κ1) is 29.4. The Bertz CT molecular complexity index is 385. The molecule has 4 unspecified atom stereocenters. The summed E-state index contributed by atoms with van der Waals surface area (Å²) in [6, 6.07) is 0. The molecule has 0 saturated heterocycles. The topological polar surface area (TPSA) is 38.3 Å². The summed E-state index contributed by atoms with van der Waals surface area (Å²) in [4.78, 5) is 11.3. The lowest BCUT2D eigenvalue weighted by molar-refractivity contribution is -0.124. The number of carbonyl (C=O) groups excluding carboxylic acids is 1. The minimum absolute atomic E-state index is 0.00468. The molecule has 0 aromatic carbocycles. The lowest BCUT2D eigenvalue weighted by atomic mass is 9.91. The van der Waals surface area contributed by atoms with E-state index in [-0.39, 0.29) is 12.5 Å². The van der Waals surface area contributed by atoms with Crippen LogP contribution in [-0.2, 0) is 9.53 Å². The highest BCUT2D eigenvalue weighted by Crippen LogP contribution is 2.23. The summed E-state index contributed by atoms with van der Waals surface area (Å²) >= 11 is 0. The van der Waals surface area contributed by atoms with Crippen LogP contribution in [0.5, 0.6) is 0 Å². The quantitative estimate of drug-likeness (QED) is 0.191. The van der Waals surface area contributed by atoms with Crippen molar-refractivity contribution in [3.63, 3.8) is 0 Å². The zero-order valence-electron chi connectivity index (χ0n) is 21.4. The van der Waals surface area contributed by atoms with E-state index in [9.17, 15) is 4.79 Å². The van der Waals surface area contributed by atoms with Crippen molar-refractivity contribution in [2.75, 3.05) is 20.3 Å². The molecule has 0 aromatic heterocycles. The number of ether oxygens (including phenoxy) is 1. The third-order valence-corrected chi connectivity index (χ3v) is 6.68. The van der Waals surface area contributed by atoms with Gasteiger partial charge in [0.1, 0.15) is 6.61 Å². The molecule has 0 aromatic rings. The standard InChI is InChI=1S/C27H55NO2/c1-7-13-23(2)16-10-17-24(3)14-8-9-15-25(4)18-11-19-26(5)20-12-21-28-27(29)22-30-6/h23-26H,7-22H2,1-6H3,(H,28,29). The lowest BCUT2D eigenvalue weighted by Crippen LogP contribution is -2.28. The van der Waals surface area contributed by atoms with E-state index in [1.54, 1.807) is 7.11 Å². The zero-order chi connectivity index (χ0) is 22.6. The van der Waals surface area contributed by atoms with Gasteiger partial charge in [-0.25, -0.2) is 0 Å². The van der Waals surface area contributed by atoms with Crippen molar-refractivity contribution in [1.82, 2.24) is 5.32 Å². The fourth-order valence-electron chi connectivity index (χ4n) is 4.55. The summed E-state index contributed by atoms with van der Waals surface area (Å²) in [5.74, 6) is 3.46. The van der Waals surface area contributed by atoms with Crippen LogP contribution in [-0.4, -0.2) is 26.2 Å². The molecule has 0 saturated carbocycles. The predicted octanol–water partition coefficient (Wildman–Crippen LogP) is 7.77. The van der Waals surface area contributed by atoms with Crippen LogP contribution in [0, 0.1) is 23.7 Å². The van der Waals surface area contributed by atoms with Crippen molar-refractivity contribution >= 4 is 5.91 Å². The summed E-state index contributed by atoms with van der Waals surface area (Å²) in [5, 5.41) is 2.91. The van der Waals surface area contributed by atoms with Gasteiger partial charge in [-0.05, 0) is 36.5 Å². The number of amides is 1. The number of nitrogens with one attached hydrogen (secondary N) is 1. The maximum atomic E-state index is 11.3. The highest BCUT2D eigenvalue weighted by Gasteiger charge is 2.08. The van der Waals surface area contributed by atoms with Gasteiger partial charge in [0.15, 0.2) is 0 Å². The molecular weight excluding hydrogens is 370 g/mol. The van der Waals surface area contributed by atoms with E-state index in [0.29, 0.717) is 0 Å². The first-order valence-electron chi connectivity index (χ1n) is 13.1. The average molecular weight is 426 g/mol. The molecular formula is C27H55NO2. The molecule has 180 valence electrons. The average Bonchev–Trinajstić information content (AvgIpc) is 2.69. The van der Waals surface area contributed by atoms with Gasteiger partial charge in [0.2, 0.25) is 5.91 Å². The smallest absolute Gasteiger partial charge is 0.245 e. The molecule has 0 heterocycles. The molecule has 0 bridgehead atoms. The maximum absolute atomic E-state index is 11.3. The Hall–Kier alpha value is -0.570. The van der Waals surface area contributed by atoms with Gasteiger partial charge in [0, 0.05) is 13.7 Å². The fourth-order valence-corrected chi connectivity index (χ4v) is 4.55. The Morgan fingerprint density at radius 3 is 1.50 bits per heavy atom. The van der Waals surface area contributed by atoms with E-state index in [2.05, 4.69) is 39.9 Å². The molecule has 30 heavy (non-hydrogen) atoms. The second-order valence-electron chi connectivity index (χ2n) is 10.3. The second-order valence-corrected chi connectivity index (χ2v) is 10.3. The van der Waals surface area contributed by atoms with Gasteiger partial charge in [-0.2, -0.15) is 0 Å². The minimum atomic E-state index is -0.00468. The first-order valence-corrected chi connectivity index (χ1v) is 13.1. The van der Waals surface area contributed by atoms with Crippen molar-refractivity contribution in [2.24, 2.45) is 23.7 Å². The molecule has 1 N–H and O–H groups in total. The van der Waals surface area contributed by atoms with Gasteiger partial charge in [-0.15, -0.1) is 0 Å². The maximum Gasteiger partial charge on any atom is 0.245 e. The van der Waals surface area contributed by atoms with Crippen LogP contribution in [0.4, 0.5) is 0 Å². The number of carbonyl (C=O) groups is 1. The van der Waals surface area contributed by atoms with Crippen LogP contribution < -0.4 is 5.32 Å². The number of hydrogen-bond acceptors (Lipinski definition) is 2. The van der Waals surface area contributed by atoms with E-state index in [1.807, 2.05) is 0 Å². The summed E-state index contributed by atoms with van der Waals surface area (Å²) in [7, 11) is 1.56. The predicted molar refractivity (Wildman–Crippen MR) is 132 cm³/mol. The Morgan fingerprint density at radius 1 is 0.667 bits per heavy atom. The molecule has 3 heteroatoms. The fraction of sp³-hybridized carbons (Fsp3) is 0.963. The van der Waals surface area contributed by atoms with E-state index >= 15 is 0 Å². The SMILES string of the molecule is CCCC(C)CCCC(C)CCCCC(C)CCCC(C)CCCNC(=O)COC. The number of rotatable bonds is 21. The lowest BCUT2D eigenvalue weighted by Gasteiger charge is -2.16. The Morgan fingerprint density at radius 2 is 1.07 bits per heavy atom. The molecule has 0 rings (SSSR count).